The standard InChI is InChI=1S/C24H31N3O/c1-25-23(28)21-7-9-22(10-8-21)27-17-13-24(14-18-27)11-15-26(16-12-24)19-20-5-3-2-4-6-20/h2-10H,11-19H2,1H3,(H,25,28). The lowest BCUT2D eigenvalue weighted by atomic mass is 9.71. The second kappa shape index (κ2) is 8.36. The molecule has 2 heterocycles. The van der Waals surface area contributed by atoms with Gasteiger partial charge in [-0.05, 0) is 74.0 Å². The van der Waals surface area contributed by atoms with Crippen molar-refractivity contribution in [2.24, 2.45) is 5.41 Å². The molecular formula is C24H31N3O. The van der Waals surface area contributed by atoms with E-state index in [9.17, 15) is 4.79 Å². The van der Waals surface area contributed by atoms with Gasteiger partial charge in [-0.1, -0.05) is 30.3 Å². The molecule has 0 atom stereocenters. The first-order chi connectivity index (χ1) is 13.7. The predicted molar refractivity (Wildman–Crippen MR) is 115 cm³/mol. The fraction of sp³-hybridized carbons (Fsp3) is 0.458. The Balaban J connectivity index is 1.29. The van der Waals surface area contributed by atoms with Crippen LogP contribution in [0.4, 0.5) is 5.69 Å². The number of rotatable bonds is 4. The zero-order valence-electron chi connectivity index (χ0n) is 16.9. The van der Waals surface area contributed by atoms with Crippen molar-refractivity contribution in [1.29, 1.82) is 0 Å². The van der Waals surface area contributed by atoms with Crippen LogP contribution in [0, 0.1) is 5.41 Å². The normalized spacial score (nSPS) is 19.5. The van der Waals surface area contributed by atoms with E-state index in [2.05, 4.69) is 57.6 Å². The zero-order valence-corrected chi connectivity index (χ0v) is 16.9. The van der Waals surface area contributed by atoms with Crippen LogP contribution >= 0.6 is 0 Å². The number of benzene rings is 2. The molecule has 0 radical (unpaired) electrons. The molecule has 0 aromatic heterocycles. The third kappa shape index (κ3) is 4.22. The number of nitrogens with one attached hydrogen (secondary N) is 1. The SMILES string of the molecule is CNC(=O)c1ccc(N2CCC3(CCN(Cc4ccccc4)CC3)CC2)cc1. The molecule has 2 aliphatic heterocycles. The van der Waals surface area contributed by atoms with Crippen LogP contribution in [-0.2, 0) is 6.54 Å². The Morgan fingerprint density at radius 3 is 2.11 bits per heavy atom. The van der Waals surface area contributed by atoms with Gasteiger partial charge in [0.15, 0.2) is 0 Å². The summed E-state index contributed by atoms with van der Waals surface area (Å²) in [6, 6.07) is 18.9. The van der Waals surface area contributed by atoms with Crippen molar-refractivity contribution >= 4 is 11.6 Å². The molecule has 0 unspecified atom stereocenters. The summed E-state index contributed by atoms with van der Waals surface area (Å²) in [6.07, 6.45) is 5.21. The van der Waals surface area contributed by atoms with Crippen molar-refractivity contribution in [2.75, 3.05) is 38.1 Å². The molecule has 1 N–H and O–H groups in total. The summed E-state index contributed by atoms with van der Waals surface area (Å²) in [5.41, 5.74) is 3.93. The van der Waals surface area contributed by atoms with Crippen LogP contribution in [-0.4, -0.2) is 44.0 Å². The number of hydrogen-bond acceptors (Lipinski definition) is 3. The average Bonchev–Trinajstić information content (AvgIpc) is 2.76. The van der Waals surface area contributed by atoms with Crippen LogP contribution in [0.1, 0.15) is 41.6 Å². The first-order valence-electron chi connectivity index (χ1n) is 10.5. The van der Waals surface area contributed by atoms with E-state index in [1.54, 1.807) is 7.05 Å². The second-order valence-corrected chi connectivity index (χ2v) is 8.37. The lowest BCUT2D eigenvalue weighted by Gasteiger charge is -2.47. The Hall–Kier alpha value is -2.33. The third-order valence-electron chi connectivity index (χ3n) is 6.71. The minimum atomic E-state index is -0.0218. The first-order valence-corrected chi connectivity index (χ1v) is 10.5. The van der Waals surface area contributed by atoms with E-state index in [1.165, 1.54) is 50.0 Å². The number of carbonyl (C=O) groups excluding carboxylic acids is 1. The van der Waals surface area contributed by atoms with Gasteiger partial charge in [0, 0.05) is 37.9 Å². The molecule has 0 saturated carbocycles. The highest BCUT2D eigenvalue weighted by Gasteiger charge is 2.37. The fourth-order valence-electron chi connectivity index (χ4n) is 4.73. The van der Waals surface area contributed by atoms with Gasteiger partial charge in [-0.2, -0.15) is 0 Å². The van der Waals surface area contributed by atoms with Gasteiger partial charge in [0.25, 0.3) is 5.91 Å². The van der Waals surface area contributed by atoms with Crippen LogP contribution in [0.5, 0.6) is 0 Å². The van der Waals surface area contributed by atoms with E-state index in [1.807, 2.05) is 12.1 Å². The van der Waals surface area contributed by atoms with Crippen LogP contribution in [0.2, 0.25) is 0 Å². The fourth-order valence-corrected chi connectivity index (χ4v) is 4.73. The smallest absolute Gasteiger partial charge is 0.251 e. The maximum atomic E-state index is 11.7. The summed E-state index contributed by atoms with van der Waals surface area (Å²) >= 11 is 0. The zero-order chi connectivity index (χ0) is 19.4. The van der Waals surface area contributed by atoms with Crippen LogP contribution in [0.3, 0.4) is 0 Å². The minimum absolute atomic E-state index is 0.0218. The van der Waals surface area contributed by atoms with Crippen LogP contribution in [0.25, 0.3) is 0 Å². The van der Waals surface area contributed by atoms with E-state index in [4.69, 9.17) is 0 Å². The van der Waals surface area contributed by atoms with Gasteiger partial charge in [-0.3, -0.25) is 9.69 Å². The molecule has 2 aliphatic rings. The molecule has 2 fully saturated rings. The highest BCUT2D eigenvalue weighted by molar-refractivity contribution is 5.94. The molecule has 0 aliphatic carbocycles. The van der Waals surface area contributed by atoms with E-state index in [0.29, 0.717) is 5.41 Å². The van der Waals surface area contributed by atoms with Gasteiger partial charge >= 0.3 is 0 Å². The summed E-state index contributed by atoms with van der Waals surface area (Å²) in [5, 5.41) is 2.68. The van der Waals surface area contributed by atoms with E-state index >= 15 is 0 Å². The third-order valence-corrected chi connectivity index (χ3v) is 6.71. The number of amides is 1. The molecule has 4 rings (SSSR count). The maximum absolute atomic E-state index is 11.7. The molecule has 28 heavy (non-hydrogen) atoms. The second-order valence-electron chi connectivity index (χ2n) is 8.37. The minimum Gasteiger partial charge on any atom is -0.371 e. The lowest BCUT2D eigenvalue weighted by molar-refractivity contribution is 0.0758. The van der Waals surface area contributed by atoms with Crippen molar-refractivity contribution in [3.05, 3.63) is 65.7 Å². The van der Waals surface area contributed by atoms with Gasteiger partial charge in [0.05, 0.1) is 0 Å². The summed E-state index contributed by atoms with van der Waals surface area (Å²) in [7, 11) is 1.67. The largest absolute Gasteiger partial charge is 0.371 e. The number of piperidine rings is 2. The van der Waals surface area contributed by atoms with E-state index in [-0.39, 0.29) is 5.91 Å². The predicted octanol–water partition coefficient (Wildman–Crippen LogP) is 3.93. The quantitative estimate of drug-likeness (QED) is 0.877. The van der Waals surface area contributed by atoms with Crippen LogP contribution < -0.4 is 10.2 Å². The number of nitrogens with zero attached hydrogens (tertiary/aromatic N) is 2. The Labute approximate surface area is 168 Å². The van der Waals surface area contributed by atoms with Gasteiger partial charge in [-0.15, -0.1) is 0 Å². The van der Waals surface area contributed by atoms with Crippen molar-refractivity contribution in [3.63, 3.8) is 0 Å². The number of hydrogen-bond donors (Lipinski definition) is 1. The van der Waals surface area contributed by atoms with Crippen molar-refractivity contribution in [3.8, 4) is 0 Å². The molecule has 1 spiro atoms. The Morgan fingerprint density at radius 2 is 1.50 bits per heavy atom. The van der Waals surface area contributed by atoms with Crippen molar-refractivity contribution < 1.29 is 4.79 Å². The van der Waals surface area contributed by atoms with Crippen LogP contribution in [0.15, 0.2) is 54.6 Å². The number of carbonyl (C=O) groups is 1. The molecule has 0 bridgehead atoms. The van der Waals surface area contributed by atoms with Crippen molar-refractivity contribution in [2.45, 2.75) is 32.2 Å². The molecule has 148 valence electrons. The van der Waals surface area contributed by atoms with Gasteiger partial charge in [-0.25, -0.2) is 0 Å². The molecule has 1 amide bonds. The summed E-state index contributed by atoms with van der Waals surface area (Å²) in [6.45, 7) is 5.77. The maximum Gasteiger partial charge on any atom is 0.251 e. The number of anilines is 1. The molecular weight excluding hydrogens is 346 g/mol. The molecule has 4 heteroatoms. The Morgan fingerprint density at radius 1 is 0.893 bits per heavy atom. The van der Waals surface area contributed by atoms with E-state index in [0.717, 1.165) is 25.2 Å². The van der Waals surface area contributed by atoms with E-state index < -0.39 is 0 Å². The lowest BCUT2D eigenvalue weighted by Crippen LogP contribution is -2.46. The van der Waals surface area contributed by atoms with Gasteiger partial charge in [0.2, 0.25) is 0 Å². The summed E-state index contributed by atoms with van der Waals surface area (Å²) in [4.78, 5) is 16.8. The first kappa shape index (κ1) is 19.0. The topological polar surface area (TPSA) is 35.6 Å². The molecule has 4 nitrogen and oxygen atoms in total. The highest BCUT2D eigenvalue weighted by atomic mass is 16.1. The molecule has 2 aromatic rings. The summed E-state index contributed by atoms with van der Waals surface area (Å²) in [5.74, 6) is -0.0218. The molecule has 2 aromatic carbocycles. The average molecular weight is 378 g/mol. The monoisotopic (exact) mass is 377 g/mol. The van der Waals surface area contributed by atoms with Gasteiger partial charge in [0.1, 0.15) is 0 Å². The number of likely N-dealkylation sites (tertiary alicyclic amines) is 1. The molecule has 2 saturated heterocycles. The highest BCUT2D eigenvalue weighted by Crippen LogP contribution is 2.42. The Bertz CT molecular complexity index is 769. The van der Waals surface area contributed by atoms with Crippen molar-refractivity contribution in [1.82, 2.24) is 10.2 Å². The summed E-state index contributed by atoms with van der Waals surface area (Å²) < 4.78 is 0. The Kier molecular flexibility index (Phi) is 5.67. The van der Waals surface area contributed by atoms with Gasteiger partial charge < -0.3 is 10.2 Å².